The molecule has 0 aromatic heterocycles. The Labute approximate surface area is 106 Å². The van der Waals surface area contributed by atoms with Gasteiger partial charge < -0.3 is 5.32 Å². The second kappa shape index (κ2) is 5.65. The summed E-state index contributed by atoms with van der Waals surface area (Å²) in [4.78, 5) is 11.9. The molecular formula is C15H12N2O. The molecular weight excluding hydrogens is 224 g/mol. The smallest absolute Gasteiger partial charge is 0.255 e. The molecule has 0 spiro atoms. The first-order valence-corrected chi connectivity index (χ1v) is 5.62. The minimum Gasteiger partial charge on any atom is -0.322 e. The van der Waals surface area contributed by atoms with Crippen molar-refractivity contribution in [3.8, 4) is 6.07 Å². The summed E-state index contributed by atoms with van der Waals surface area (Å²) in [5.74, 6) is -0.136. The van der Waals surface area contributed by atoms with Crippen LogP contribution in [-0.4, -0.2) is 5.91 Å². The molecule has 0 saturated carbocycles. The molecule has 0 unspecified atom stereocenters. The van der Waals surface area contributed by atoms with Crippen LogP contribution in [0.4, 0.5) is 5.69 Å². The first kappa shape index (κ1) is 11.9. The van der Waals surface area contributed by atoms with Crippen LogP contribution in [0.2, 0.25) is 0 Å². The Kier molecular flexibility index (Phi) is 3.72. The van der Waals surface area contributed by atoms with Crippen LogP contribution in [-0.2, 0) is 6.42 Å². The Hall–Kier alpha value is -2.60. The van der Waals surface area contributed by atoms with Crippen LogP contribution in [0.25, 0.3) is 0 Å². The number of amides is 1. The normalized spacial score (nSPS) is 9.50. The van der Waals surface area contributed by atoms with Crippen LogP contribution in [0.15, 0.2) is 54.6 Å². The van der Waals surface area contributed by atoms with Gasteiger partial charge in [0.25, 0.3) is 5.91 Å². The molecule has 2 rings (SSSR count). The van der Waals surface area contributed by atoms with E-state index in [1.165, 1.54) is 0 Å². The van der Waals surface area contributed by atoms with Gasteiger partial charge in [-0.15, -0.1) is 0 Å². The topological polar surface area (TPSA) is 52.9 Å². The fraction of sp³-hybridized carbons (Fsp3) is 0.0667. The largest absolute Gasteiger partial charge is 0.322 e. The summed E-state index contributed by atoms with van der Waals surface area (Å²) < 4.78 is 0. The van der Waals surface area contributed by atoms with Crippen molar-refractivity contribution < 1.29 is 4.79 Å². The average molecular weight is 236 g/mol. The highest BCUT2D eigenvalue weighted by Crippen LogP contribution is 2.11. The summed E-state index contributed by atoms with van der Waals surface area (Å²) in [6.45, 7) is 0. The second-order valence-corrected chi connectivity index (χ2v) is 3.85. The van der Waals surface area contributed by atoms with Crippen LogP contribution in [0, 0.1) is 11.3 Å². The number of benzene rings is 2. The highest BCUT2D eigenvalue weighted by atomic mass is 16.1. The lowest BCUT2D eigenvalue weighted by molar-refractivity contribution is 0.102. The Morgan fingerprint density at radius 2 is 1.72 bits per heavy atom. The Morgan fingerprint density at radius 3 is 2.33 bits per heavy atom. The molecule has 0 aliphatic carbocycles. The van der Waals surface area contributed by atoms with Crippen LogP contribution < -0.4 is 5.32 Å². The van der Waals surface area contributed by atoms with Crippen molar-refractivity contribution >= 4 is 11.6 Å². The van der Waals surface area contributed by atoms with Gasteiger partial charge in [-0.25, -0.2) is 0 Å². The molecule has 18 heavy (non-hydrogen) atoms. The summed E-state index contributed by atoms with van der Waals surface area (Å²) in [6.07, 6.45) is 0.382. The van der Waals surface area contributed by atoms with Crippen molar-refractivity contribution in [2.24, 2.45) is 0 Å². The first-order valence-electron chi connectivity index (χ1n) is 5.62. The van der Waals surface area contributed by atoms with Crippen molar-refractivity contribution in [2.45, 2.75) is 6.42 Å². The quantitative estimate of drug-likeness (QED) is 0.890. The number of carbonyl (C=O) groups is 1. The Bertz CT molecular complexity index is 568. The minimum absolute atomic E-state index is 0.136. The van der Waals surface area contributed by atoms with Gasteiger partial charge in [0, 0.05) is 11.3 Å². The van der Waals surface area contributed by atoms with Gasteiger partial charge in [-0.2, -0.15) is 5.26 Å². The molecule has 0 fully saturated rings. The zero-order chi connectivity index (χ0) is 12.8. The third-order valence-electron chi connectivity index (χ3n) is 2.53. The highest BCUT2D eigenvalue weighted by Gasteiger charge is 2.04. The summed E-state index contributed by atoms with van der Waals surface area (Å²) >= 11 is 0. The number of nitrogens with zero attached hydrogens (tertiary/aromatic N) is 1. The van der Waals surface area contributed by atoms with Gasteiger partial charge in [0.2, 0.25) is 0 Å². The van der Waals surface area contributed by atoms with Crippen LogP contribution in [0.5, 0.6) is 0 Å². The predicted octanol–water partition coefficient (Wildman–Crippen LogP) is 3.00. The fourth-order valence-electron chi connectivity index (χ4n) is 1.59. The van der Waals surface area contributed by atoms with E-state index in [1.54, 1.807) is 24.3 Å². The van der Waals surface area contributed by atoms with Crippen LogP contribution in [0.1, 0.15) is 15.9 Å². The molecule has 0 heterocycles. The van der Waals surface area contributed by atoms with Crippen molar-refractivity contribution in [1.82, 2.24) is 0 Å². The van der Waals surface area contributed by atoms with E-state index in [1.807, 2.05) is 30.3 Å². The average Bonchev–Trinajstić information content (AvgIpc) is 2.42. The van der Waals surface area contributed by atoms with Gasteiger partial charge in [-0.3, -0.25) is 4.79 Å². The van der Waals surface area contributed by atoms with Crippen LogP contribution in [0.3, 0.4) is 0 Å². The van der Waals surface area contributed by atoms with E-state index in [2.05, 4.69) is 11.4 Å². The monoisotopic (exact) mass is 236 g/mol. The number of rotatable bonds is 3. The molecule has 0 aliphatic heterocycles. The lowest BCUT2D eigenvalue weighted by Crippen LogP contribution is -2.11. The van der Waals surface area contributed by atoms with E-state index in [0.717, 1.165) is 11.3 Å². The van der Waals surface area contributed by atoms with Gasteiger partial charge >= 0.3 is 0 Å². The number of hydrogen-bond donors (Lipinski definition) is 1. The van der Waals surface area contributed by atoms with E-state index in [4.69, 9.17) is 5.26 Å². The van der Waals surface area contributed by atoms with E-state index < -0.39 is 0 Å². The first-order chi connectivity index (χ1) is 8.79. The van der Waals surface area contributed by atoms with Crippen molar-refractivity contribution in [3.63, 3.8) is 0 Å². The Balaban J connectivity index is 2.06. The van der Waals surface area contributed by atoms with Gasteiger partial charge in [0.15, 0.2) is 0 Å². The van der Waals surface area contributed by atoms with Crippen molar-refractivity contribution in [3.05, 3.63) is 65.7 Å². The maximum Gasteiger partial charge on any atom is 0.255 e. The molecule has 3 nitrogen and oxygen atoms in total. The maximum absolute atomic E-state index is 11.9. The predicted molar refractivity (Wildman–Crippen MR) is 70.2 cm³/mol. The number of hydrogen-bond acceptors (Lipinski definition) is 2. The van der Waals surface area contributed by atoms with E-state index in [0.29, 0.717) is 12.0 Å². The number of nitrogens with one attached hydrogen (secondary N) is 1. The molecule has 0 atom stereocenters. The fourth-order valence-corrected chi connectivity index (χ4v) is 1.59. The van der Waals surface area contributed by atoms with Crippen LogP contribution >= 0.6 is 0 Å². The summed E-state index contributed by atoms with van der Waals surface area (Å²) in [5.41, 5.74) is 2.29. The zero-order valence-electron chi connectivity index (χ0n) is 9.76. The number of anilines is 1. The standard InChI is InChI=1S/C15H12N2O/c16-11-10-12-6-8-14(9-7-12)17-15(18)13-4-2-1-3-5-13/h1-9H,10H2,(H,17,18). The molecule has 0 radical (unpaired) electrons. The van der Waals surface area contributed by atoms with Gasteiger partial charge in [-0.05, 0) is 29.8 Å². The van der Waals surface area contributed by atoms with E-state index in [9.17, 15) is 4.79 Å². The number of nitriles is 1. The summed E-state index contributed by atoms with van der Waals surface area (Å²) in [6, 6.07) is 18.4. The lowest BCUT2D eigenvalue weighted by atomic mass is 10.1. The molecule has 0 bridgehead atoms. The minimum atomic E-state index is -0.136. The molecule has 88 valence electrons. The third kappa shape index (κ3) is 2.96. The van der Waals surface area contributed by atoms with Gasteiger partial charge in [0.05, 0.1) is 12.5 Å². The Morgan fingerprint density at radius 1 is 1.06 bits per heavy atom. The highest BCUT2D eigenvalue weighted by molar-refractivity contribution is 6.04. The maximum atomic E-state index is 11.9. The van der Waals surface area contributed by atoms with Gasteiger partial charge in [-0.1, -0.05) is 30.3 Å². The van der Waals surface area contributed by atoms with E-state index in [-0.39, 0.29) is 5.91 Å². The van der Waals surface area contributed by atoms with Crippen molar-refractivity contribution in [1.29, 1.82) is 5.26 Å². The summed E-state index contributed by atoms with van der Waals surface area (Å²) in [7, 11) is 0. The van der Waals surface area contributed by atoms with Gasteiger partial charge in [0.1, 0.15) is 0 Å². The molecule has 2 aromatic carbocycles. The number of carbonyl (C=O) groups excluding carboxylic acids is 1. The molecule has 1 N–H and O–H groups in total. The molecule has 3 heteroatoms. The third-order valence-corrected chi connectivity index (χ3v) is 2.53. The second-order valence-electron chi connectivity index (χ2n) is 3.85. The van der Waals surface area contributed by atoms with Crippen molar-refractivity contribution in [2.75, 3.05) is 5.32 Å². The molecule has 1 amide bonds. The SMILES string of the molecule is N#CCc1ccc(NC(=O)c2ccccc2)cc1. The summed E-state index contributed by atoms with van der Waals surface area (Å²) in [5, 5.41) is 11.4. The molecule has 0 aliphatic rings. The lowest BCUT2D eigenvalue weighted by Gasteiger charge is -2.05. The van der Waals surface area contributed by atoms with E-state index >= 15 is 0 Å². The molecule has 2 aromatic rings. The zero-order valence-corrected chi connectivity index (χ0v) is 9.76. The molecule has 0 saturated heterocycles.